The second-order valence-electron chi connectivity index (χ2n) is 5.29. The third kappa shape index (κ3) is 7.48. The number of aromatic nitrogens is 3. The van der Waals surface area contributed by atoms with E-state index in [2.05, 4.69) is 25.7 Å². The second-order valence-corrected chi connectivity index (χ2v) is 5.68. The van der Waals surface area contributed by atoms with E-state index in [4.69, 9.17) is 11.6 Å². The summed E-state index contributed by atoms with van der Waals surface area (Å²) in [6.07, 6.45) is 8.68. The highest BCUT2D eigenvalue weighted by molar-refractivity contribution is 14.0. The molecule has 0 bridgehead atoms. The first-order valence-corrected chi connectivity index (χ1v) is 8.07. The Hall–Kier alpha value is -1.35. The van der Waals surface area contributed by atoms with Crippen molar-refractivity contribution in [2.45, 2.75) is 19.3 Å². The lowest BCUT2D eigenvalue weighted by Crippen LogP contribution is -2.38. The maximum atomic E-state index is 5.77. The first-order valence-electron chi connectivity index (χ1n) is 7.70. The van der Waals surface area contributed by atoms with Crippen LogP contribution in [0.2, 0.25) is 5.15 Å². The van der Waals surface area contributed by atoms with Gasteiger partial charge in [-0.2, -0.15) is 5.10 Å². The Morgan fingerprint density at radius 1 is 1.17 bits per heavy atom. The van der Waals surface area contributed by atoms with Gasteiger partial charge in [-0.1, -0.05) is 17.7 Å². The Bertz CT molecular complexity index is 626. The molecule has 0 radical (unpaired) electrons. The Labute approximate surface area is 165 Å². The van der Waals surface area contributed by atoms with Crippen LogP contribution in [-0.2, 0) is 19.9 Å². The van der Waals surface area contributed by atoms with Crippen LogP contribution in [0.1, 0.15) is 17.5 Å². The van der Waals surface area contributed by atoms with Crippen molar-refractivity contribution < 1.29 is 0 Å². The van der Waals surface area contributed by atoms with Crippen molar-refractivity contribution in [2.24, 2.45) is 12.0 Å². The number of rotatable bonds is 7. The van der Waals surface area contributed by atoms with Crippen molar-refractivity contribution in [2.75, 3.05) is 20.1 Å². The normalized spacial score (nSPS) is 11.0. The van der Waals surface area contributed by atoms with E-state index in [1.54, 1.807) is 13.2 Å². The van der Waals surface area contributed by atoms with Gasteiger partial charge in [0, 0.05) is 39.6 Å². The van der Waals surface area contributed by atoms with Crippen molar-refractivity contribution in [3.05, 3.63) is 47.0 Å². The molecule has 0 unspecified atom stereocenters. The largest absolute Gasteiger partial charge is 0.356 e. The molecule has 0 aliphatic carbocycles. The van der Waals surface area contributed by atoms with E-state index in [0.29, 0.717) is 5.15 Å². The highest BCUT2D eigenvalue weighted by atomic mass is 127. The summed E-state index contributed by atoms with van der Waals surface area (Å²) >= 11 is 5.77. The van der Waals surface area contributed by atoms with Crippen molar-refractivity contribution in [3.8, 4) is 0 Å². The minimum Gasteiger partial charge on any atom is -0.356 e. The maximum Gasteiger partial charge on any atom is 0.190 e. The first kappa shape index (κ1) is 20.7. The SMILES string of the molecule is CN=C(NCCCc1cnn(C)c1)NCCc1ccc(Cl)nc1.I. The molecule has 132 valence electrons. The minimum atomic E-state index is 0. The van der Waals surface area contributed by atoms with Gasteiger partial charge in [-0.15, -0.1) is 24.0 Å². The van der Waals surface area contributed by atoms with Gasteiger partial charge in [0.1, 0.15) is 5.15 Å². The molecule has 8 heteroatoms. The zero-order valence-corrected chi connectivity index (χ0v) is 17.1. The summed E-state index contributed by atoms with van der Waals surface area (Å²) in [4.78, 5) is 8.30. The monoisotopic (exact) mass is 462 g/mol. The van der Waals surface area contributed by atoms with E-state index in [1.807, 2.05) is 36.3 Å². The van der Waals surface area contributed by atoms with Crippen LogP contribution in [0, 0.1) is 0 Å². The van der Waals surface area contributed by atoms with Crippen molar-refractivity contribution in [3.63, 3.8) is 0 Å². The summed E-state index contributed by atoms with van der Waals surface area (Å²) in [5, 5.41) is 11.3. The van der Waals surface area contributed by atoms with Gasteiger partial charge in [-0.05, 0) is 36.5 Å². The number of halogens is 2. The average Bonchev–Trinajstić information content (AvgIpc) is 2.97. The summed E-state index contributed by atoms with van der Waals surface area (Å²) in [6.45, 7) is 1.67. The number of aryl methyl sites for hydroxylation is 2. The van der Waals surface area contributed by atoms with E-state index in [1.165, 1.54) is 5.56 Å². The topological polar surface area (TPSA) is 67.1 Å². The van der Waals surface area contributed by atoms with Gasteiger partial charge in [0.25, 0.3) is 0 Å². The van der Waals surface area contributed by atoms with Crippen LogP contribution >= 0.6 is 35.6 Å². The molecule has 2 heterocycles. The predicted octanol–water partition coefficient (Wildman–Crippen LogP) is 2.43. The van der Waals surface area contributed by atoms with Gasteiger partial charge >= 0.3 is 0 Å². The van der Waals surface area contributed by atoms with E-state index >= 15 is 0 Å². The molecule has 2 aromatic heterocycles. The van der Waals surface area contributed by atoms with Crippen LogP contribution in [0.5, 0.6) is 0 Å². The Morgan fingerprint density at radius 2 is 1.96 bits per heavy atom. The van der Waals surface area contributed by atoms with Crippen LogP contribution < -0.4 is 10.6 Å². The van der Waals surface area contributed by atoms with Crippen LogP contribution in [-0.4, -0.2) is 40.9 Å². The molecule has 0 fully saturated rings. The lowest BCUT2D eigenvalue weighted by Gasteiger charge is -2.11. The fourth-order valence-corrected chi connectivity index (χ4v) is 2.31. The molecular weight excluding hydrogens is 439 g/mol. The summed E-state index contributed by atoms with van der Waals surface area (Å²) < 4.78 is 1.83. The summed E-state index contributed by atoms with van der Waals surface area (Å²) in [5.41, 5.74) is 2.40. The highest BCUT2D eigenvalue weighted by Gasteiger charge is 2.00. The van der Waals surface area contributed by atoms with Crippen molar-refractivity contribution >= 4 is 41.5 Å². The predicted molar refractivity (Wildman–Crippen MR) is 109 cm³/mol. The van der Waals surface area contributed by atoms with Gasteiger partial charge in [0.15, 0.2) is 5.96 Å². The van der Waals surface area contributed by atoms with Crippen molar-refractivity contribution in [1.82, 2.24) is 25.4 Å². The Kier molecular flexibility index (Phi) is 9.70. The molecule has 6 nitrogen and oxygen atoms in total. The molecule has 0 aliphatic heterocycles. The fourth-order valence-electron chi connectivity index (χ4n) is 2.20. The number of nitrogens with one attached hydrogen (secondary N) is 2. The van der Waals surface area contributed by atoms with E-state index in [9.17, 15) is 0 Å². The second kappa shape index (κ2) is 11.2. The number of guanidine groups is 1. The van der Waals surface area contributed by atoms with Crippen molar-refractivity contribution in [1.29, 1.82) is 0 Å². The average molecular weight is 463 g/mol. The molecule has 0 atom stereocenters. The molecule has 0 saturated heterocycles. The molecule has 2 N–H and O–H groups in total. The summed E-state index contributed by atoms with van der Waals surface area (Å²) in [6, 6.07) is 3.80. The van der Waals surface area contributed by atoms with Crippen LogP contribution in [0.25, 0.3) is 0 Å². The molecule has 0 spiro atoms. The van der Waals surface area contributed by atoms with Crippen LogP contribution in [0.4, 0.5) is 0 Å². The van der Waals surface area contributed by atoms with Gasteiger partial charge in [-0.3, -0.25) is 9.67 Å². The number of hydrogen-bond acceptors (Lipinski definition) is 3. The molecule has 0 aromatic carbocycles. The summed E-state index contributed by atoms with van der Waals surface area (Å²) in [7, 11) is 3.71. The zero-order chi connectivity index (χ0) is 16.5. The molecule has 2 aromatic rings. The third-order valence-electron chi connectivity index (χ3n) is 3.41. The lowest BCUT2D eigenvalue weighted by molar-refractivity contribution is 0.736. The van der Waals surface area contributed by atoms with Crippen LogP contribution in [0.15, 0.2) is 35.7 Å². The van der Waals surface area contributed by atoms with Gasteiger partial charge < -0.3 is 10.6 Å². The third-order valence-corrected chi connectivity index (χ3v) is 3.63. The molecule has 0 saturated carbocycles. The van der Waals surface area contributed by atoms with Gasteiger partial charge in [0.2, 0.25) is 0 Å². The minimum absolute atomic E-state index is 0. The Morgan fingerprint density at radius 3 is 2.58 bits per heavy atom. The van der Waals surface area contributed by atoms with E-state index in [0.717, 1.165) is 43.9 Å². The zero-order valence-electron chi connectivity index (χ0n) is 14.0. The Balaban J connectivity index is 0.00000288. The quantitative estimate of drug-likeness (QED) is 0.218. The number of aliphatic imine (C=N–C) groups is 1. The maximum absolute atomic E-state index is 5.77. The fraction of sp³-hybridized carbons (Fsp3) is 0.438. The number of hydrogen-bond donors (Lipinski definition) is 2. The molecule has 24 heavy (non-hydrogen) atoms. The first-order chi connectivity index (χ1) is 11.2. The lowest BCUT2D eigenvalue weighted by atomic mass is 10.2. The molecule has 0 aliphatic rings. The van der Waals surface area contributed by atoms with Crippen LogP contribution in [0.3, 0.4) is 0 Å². The van der Waals surface area contributed by atoms with Gasteiger partial charge in [0.05, 0.1) is 6.20 Å². The number of nitrogens with zero attached hydrogens (tertiary/aromatic N) is 4. The summed E-state index contributed by atoms with van der Waals surface area (Å²) in [5.74, 6) is 0.818. The van der Waals surface area contributed by atoms with Gasteiger partial charge in [-0.25, -0.2) is 4.98 Å². The molecular formula is C16H24ClIN6. The van der Waals surface area contributed by atoms with E-state index in [-0.39, 0.29) is 24.0 Å². The van der Waals surface area contributed by atoms with E-state index < -0.39 is 0 Å². The smallest absolute Gasteiger partial charge is 0.190 e. The number of pyridine rings is 1. The molecule has 2 rings (SSSR count). The standard InChI is InChI=1S/C16H23ClN6.HI/c1-18-16(19-8-3-4-14-11-22-23(2)12-14)20-9-7-13-5-6-15(17)21-10-13;/h5-6,10-12H,3-4,7-9H2,1-2H3,(H2,18,19,20);1H. The highest BCUT2D eigenvalue weighted by Crippen LogP contribution is 2.05. The molecule has 0 amide bonds.